The van der Waals surface area contributed by atoms with Crippen LogP contribution in [0.1, 0.15) is 0 Å². The third-order valence-electron chi connectivity index (χ3n) is 2.27. The van der Waals surface area contributed by atoms with Gasteiger partial charge in [-0.05, 0) is 23.8 Å². The minimum absolute atomic E-state index is 0.160. The molecule has 0 saturated heterocycles. The average Bonchev–Trinajstić information content (AvgIpc) is 2.31. The van der Waals surface area contributed by atoms with Gasteiger partial charge in [-0.1, -0.05) is 23.7 Å². The summed E-state index contributed by atoms with van der Waals surface area (Å²) < 4.78 is 40.2. The Balaban J connectivity index is 2.35. The highest BCUT2D eigenvalue weighted by Crippen LogP contribution is 2.29. The van der Waals surface area contributed by atoms with Crippen molar-refractivity contribution >= 4 is 17.4 Å². The zero-order valence-corrected chi connectivity index (χ0v) is 10.2. The second-order valence-corrected chi connectivity index (χ2v) is 4.07. The van der Waals surface area contributed by atoms with Crippen LogP contribution >= 0.6 is 11.6 Å². The van der Waals surface area contributed by atoms with Gasteiger partial charge in [0.2, 0.25) is 0 Å². The van der Waals surface area contributed by atoms with Gasteiger partial charge in [0.1, 0.15) is 11.6 Å². The van der Waals surface area contributed by atoms with Crippen LogP contribution in [0.25, 0.3) is 11.1 Å². The van der Waals surface area contributed by atoms with Crippen molar-refractivity contribution in [3.05, 3.63) is 41.6 Å². The van der Waals surface area contributed by atoms with Gasteiger partial charge in [-0.2, -0.15) is 0 Å². The van der Waals surface area contributed by atoms with Gasteiger partial charge in [-0.3, -0.25) is 0 Å². The lowest BCUT2D eigenvalue weighted by molar-refractivity contribution is -0.274. The standard InChI is InChI=1S/C12H8ClF3N2O/c13-10-5-8(6-18-11(10)17)7-2-1-3-9(4-7)19-12(14,15)16/h1-6H,(H2,17,18). The number of aromatic nitrogens is 1. The van der Waals surface area contributed by atoms with E-state index in [-0.39, 0.29) is 16.6 Å². The minimum Gasteiger partial charge on any atom is -0.406 e. The number of benzene rings is 1. The number of pyridine rings is 1. The molecule has 0 saturated carbocycles. The molecule has 3 nitrogen and oxygen atoms in total. The molecule has 0 bridgehead atoms. The Bertz CT molecular complexity index is 602. The Hall–Kier alpha value is -1.95. The van der Waals surface area contributed by atoms with Crippen LogP contribution in [-0.2, 0) is 0 Å². The number of rotatable bonds is 2. The van der Waals surface area contributed by atoms with E-state index in [1.807, 2.05) is 0 Å². The van der Waals surface area contributed by atoms with Crippen LogP contribution in [0.5, 0.6) is 5.75 Å². The summed E-state index contributed by atoms with van der Waals surface area (Å²) >= 11 is 5.81. The Morgan fingerprint density at radius 3 is 2.53 bits per heavy atom. The molecule has 2 N–H and O–H groups in total. The van der Waals surface area contributed by atoms with Crippen LogP contribution in [0.2, 0.25) is 5.02 Å². The van der Waals surface area contributed by atoms with E-state index in [0.29, 0.717) is 11.1 Å². The zero-order chi connectivity index (χ0) is 14.0. The summed E-state index contributed by atoms with van der Waals surface area (Å²) in [5.74, 6) is -0.147. The van der Waals surface area contributed by atoms with E-state index in [0.717, 1.165) is 0 Å². The second kappa shape index (κ2) is 4.97. The van der Waals surface area contributed by atoms with Crippen molar-refractivity contribution in [2.24, 2.45) is 0 Å². The van der Waals surface area contributed by atoms with Crippen molar-refractivity contribution in [3.8, 4) is 16.9 Å². The lowest BCUT2D eigenvalue weighted by Crippen LogP contribution is -2.17. The first kappa shape index (κ1) is 13.5. The lowest BCUT2D eigenvalue weighted by atomic mass is 10.1. The number of nitrogens with two attached hydrogens (primary N) is 1. The third-order valence-corrected chi connectivity index (χ3v) is 2.57. The molecule has 1 aromatic heterocycles. The monoisotopic (exact) mass is 288 g/mol. The predicted molar refractivity (Wildman–Crippen MR) is 65.8 cm³/mol. The van der Waals surface area contributed by atoms with Crippen LogP contribution < -0.4 is 10.5 Å². The van der Waals surface area contributed by atoms with Crippen molar-refractivity contribution < 1.29 is 17.9 Å². The molecule has 0 aliphatic heterocycles. The fourth-order valence-electron chi connectivity index (χ4n) is 1.48. The van der Waals surface area contributed by atoms with Crippen molar-refractivity contribution in [3.63, 3.8) is 0 Å². The quantitative estimate of drug-likeness (QED) is 0.912. The highest BCUT2D eigenvalue weighted by Gasteiger charge is 2.31. The summed E-state index contributed by atoms with van der Waals surface area (Å²) in [6, 6.07) is 7.05. The molecule has 0 radical (unpaired) electrons. The van der Waals surface area contributed by atoms with Crippen LogP contribution in [0.3, 0.4) is 0 Å². The summed E-state index contributed by atoms with van der Waals surface area (Å²) in [7, 11) is 0. The molecule has 1 aromatic carbocycles. The van der Waals surface area contributed by atoms with Crippen LogP contribution in [0, 0.1) is 0 Å². The fraction of sp³-hybridized carbons (Fsp3) is 0.0833. The van der Waals surface area contributed by atoms with E-state index < -0.39 is 6.36 Å². The molecule has 1 heterocycles. The lowest BCUT2D eigenvalue weighted by Gasteiger charge is -2.10. The maximum absolute atomic E-state index is 12.1. The first-order valence-corrected chi connectivity index (χ1v) is 5.50. The molecule has 0 aliphatic rings. The number of nitrogen functional groups attached to an aromatic ring is 1. The van der Waals surface area contributed by atoms with Crippen molar-refractivity contribution in [2.75, 3.05) is 5.73 Å². The number of halogens is 4. The van der Waals surface area contributed by atoms with Gasteiger partial charge in [-0.25, -0.2) is 4.98 Å². The van der Waals surface area contributed by atoms with Gasteiger partial charge in [0.05, 0.1) is 5.02 Å². The van der Waals surface area contributed by atoms with Crippen LogP contribution in [0.4, 0.5) is 19.0 Å². The minimum atomic E-state index is -4.73. The molecule has 2 rings (SSSR count). The number of anilines is 1. The Labute approximate surface area is 111 Å². The van der Waals surface area contributed by atoms with E-state index in [9.17, 15) is 13.2 Å². The molecular formula is C12H8ClF3N2O. The number of hydrogen-bond donors (Lipinski definition) is 1. The topological polar surface area (TPSA) is 48.1 Å². The fourth-order valence-corrected chi connectivity index (χ4v) is 1.65. The molecule has 0 amide bonds. The molecule has 0 aliphatic carbocycles. The van der Waals surface area contributed by atoms with Gasteiger partial charge in [-0.15, -0.1) is 13.2 Å². The van der Waals surface area contributed by atoms with Crippen molar-refractivity contribution in [1.29, 1.82) is 0 Å². The van der Waals surface area contributed by atoms with Crippen molar-refractivity contribution in [1.82, 2.24) is 4.98 Å². The van der Waals surface area contributed by atoms with Crippen LogP contribution in [0.15, 0.2) is 36.5 Å². The first-order chi connectivity index (χ1) is 8.85. The predicted octanol–water partition coefficient (Wildman–Crippen LogP) is 3.88. The SMILES string of the molecule is Nc1ncc(-c2cccc(OC(F)(F)F)c2)cc1Cl. The average molecular weight is 289 g/mol. The number of ether oxygens (including phenoxy) is 1. The van der Waals surface area contributed by atoms with E-state index in [1.165, 1.54) is 30.5 Å². The molecule has 2 aromatic rings. The van der Waals surface area contributed by atoms with E-state index in [1.54, 1.807) is 6.07 Å². The van der Waals surface area contributed by atoms with E-state index in [2.05, 4.69) is 9.72 Å². The first-order valence-electron chi connectivity index (χ1n) is 5.12. The summed E-state index contributed by atoms with van der Waals surface area (Å²) in [5.41, 5.74) is 6.51. The third kappa shape index (κ3) is 3.51. The highest BCUT2D eigenvalue weighted by atomic mass is 35.5. The normalized spacial score (nSPS) is 11.4. The number of nitrogens with zero attached hydrogens (tertiary/aromatic N) is 1. The molecular weight excluding hydrogens is 281 g/mol. The van der Waals surface area contributed by atoms with Gasteiger partial charge >= 0.3 is 6.36 Å². The highest BCUT2D eigenvalue weighted by molar-refractivity contribution is 6.33. The summed E-state index contributed by atoms with van der Waals surface area (Å²) in [6.45, 7) is 0. The van der Waals surface area contributed by atoms with Crippen molar-refractivity contribution in [2.45, 2.75) is 6.36 Å². The molecule has 100 valence electrons. The Kier molecular flexibility index (Phi) is 3.53. The maximum Gasteiger partial charge on any atom is 0.573 e. The summed E-state index contributed by atoms with van der Waals surface area (Å²) in [4.78, 5) is 3.84. The Morgan fingerprint density at radius 2 is 1.89 bits per heavy atom. The Morgan fingerprint density at radius 1 is 1.16 bits per heavy atom. The zero-order valence-electron chi connectivity index (χ0n) is 9.41. The number of hydrogen-bond acceptors (Lipinski definition) is 3. The number of alkyl halides is 3. The smallest absolute Gasteiger partial charge is 0.406 e. The maximum atomic E-state index is 12.1. The second-order valence-electron chi connectivity index (χ2n) is 3.67. The van der Waals surface area contributed by atoms with Gasteiger partial charge < -0.3 is 10.5 Å². The molecule has 0 spiro atoms. The van der Waals surface area contributed by atoms with Gasteiger partial charge in [0.15, 0.2) is 0 Å². The summed E-state index contributed by atoms with van der Waals surface area (Å²) in [6.07, 6.45) is -3.30. The van der Waals surface area contributed by atoms with E-state index >= 15 is 0 Å². The largest absolute Gasteiger partial charge is 0.573 e. The molecule has 7 heteroatoms. The van der Waals surface area contributed by atoms with Gasteiger partial charge in [0, 0.05) is 11.8 Å². The van der Waals surface area contributed by atoms with Crippen LogP contribution in [-0.4, -0.2) is 11.3 Å². The molecule has 0 fully saturated rings. The molecule has 0 unspecified atom stereocenters. The molecule has 19 heavy (non-hydrogen) atoms. The van der Waals surface area contributed by atoms with E-state index in [4.69, 9.17) is 17.3 Å². The van der Waals surface area contributed by atoms with Gasteiger partial charge in [0.25, 0.3) is 0 Å². The summed E-state index contributed by atoms with van der Waals surface area (Å²) in [5, 5.41) is 0.236. The molecule has 0 atom stereocenters.